The Kier molecular flexibility index (Phi) is 9.56. The molecule has 2 aromatic rings. The standard InChI is InChI=1S/C26H32FN3O5/c1-4-33-23-12-18(13-24(25(23)27)34-5-2)17-30-9-6-20(7-10-30)29-26(31)19-14-21(32-3)16-22(15-19)35-11-8-28/h12-16,20H,4-7,9-11,17H2,1-3H3,(H,29,31). The zero-order chi connectivity index (χ0) is 25.2. The van der Waals surface area contributed by atoms with Crippen LogP contribution < -0.4 is 24.3 Å². The van der Waals surface area contributed by atoms with Gasteiger partial charge in [0.15, 0.2) is 18.1 Å². The molecule has 1 aliphatic rings. The van der Waals surface area contributed by atoms with Gasteiger partial charge in [0.25, 0.3) is 5.91 Å². The summed E-state index contributed by atoms with van der Waals surface area (Å²) in [4.78, 5) is 15.1. The lowest BCUT2D eigenvalue weighted by molar-refractivity contribution is 0.0908. The first-order chi connectivity index (χ1) is 17.0. The number of carbonyl (C=O) groups is 1. The smallest absolute Gasteiger partial charge is 0.251 e. The highest BCUT2D eigenvalue weighted by atomic mass is 19.1. The van der Waals surface area contributed by atoms with E-state index in [4.69, 9.17) is 24.2 Å². The molecule has 0 atom stereocenters. The second kappa shape index (κ2) is 12.8. The number of methoxy groups -OCH3 is 1. The van der Waals surface area contributed by atoms with Crippen LogP contribution in [0.3, 0.4) is 0 Å². The highest BCUT2D eigenvalue weighted by Crippen LogP contribution is 2.30. The number of hydrogen-bond acceptors (Lipinski definition) is 7. The summed E-state index contributed by atoms with van der Waals surface area (Å²) in [5, 5.41) is 11.8. The van der Waals surface area contributed by atoms with E-state index in [1.54, 1.807) is 30.3 Å². The van der Waals surface area contributed by atoms with E-state index in [-0.39, 0.29) is 30.1 Å². The van der Waals surface area contributed by atoms with E-state index in [2.05, 4.69) is 10.2 Å². The lowest BCUT2D eigenvalue weighted by Gasteiger charge is -2.32. The molecule has 0 saturated carbocycles. The molecule has 1 N–H and O–H groups in total. The van der Waals surface area contributed by atoms with E-state index in [0.717, 1.165) is 31.5 Å². The minimum Gasteiger partial charge on any atom is -0.497 e. The van der Waals surface area contributed by atoms with E-state index in [1.165, 1.54) is 7.11 Å². The molecule has 8 nitrogen and oxygen atoms in total. The Bertz CT molecular complexity index is 1020. The molecule has 0 bridgehead atoms. The van der Waals surface area contributed by atoms with Crippen LogP contribution in [0.1, 0.15) is 42.6 Å². The SMILES string of the molecule is CCOc1cc(CN2CCC(NC(=O)c3cc(OC)cc(OCC#N)c3)CC2)cc(OCC)c1F. The number of hydrogen-bond donors (Lipinski definition) is 1. The largest absolute Gasteiger partial charge is 0.497 e. The summed E-state index contributed by atoms with van der Waals surface area (Å²) < 4.78 is 36.0. The van der Waals surface area contributed by atoms with E-state index < -0.39 is 5.82 Å². The Morgan fingerprint density at radius 2 is 1.69 bits per heavy atom. The zero-order valence-electron chi connectivity index (χ0n) is 20.4. The fourth-order valence-electron chi connectivity index (χ4n) is 4.02. The van der Waals surface area contributed by atoms with E-state index in [1.807, 2.05) is 19.9 Å². The van der Waals surface area contributed by atoms with Gasteiger partial charge in [-0.15, -0.1) is 0 Å². The number of nitrogens with one attached hydrogen (secondary N) is 1. The van der Waals surface area contributed by atoms with Gasteiger partial charge in [0.2, 0.25) is 5.82 Å². The van der Waals surface area contributed by atoms with Crippen molar-refractivity contribution in [2.24, 2.45) is 0 Å². The van der Waals surface area contributed by atoms with Gasteiger partial charge in [-0.2, -0.15) is 9.65 Å². The molecule has 0 aliphatic carbocycles. The normalized spacial score (nSPS) is 14.1. The molecule has 1 fully saturated rings. The van der Waals surface area contributed by atoms with Gasteiger partial charge in [-0.05, 0) is 56.5 Å². The molecule has 9 heteroatoms. The van der Waals surface area contributed by atoms with Gasteiger partial charge in [-0.25, -0.2) is 0 Å². The molecule has 1 amide bonds. The predicted molar refractivity (Wildman–Crippen MR) is 129 cm³/mol. The van der Waals surface area contributed by atoms with Crippen LogP contribution in [-0.4, -0.2) is 56.9 Å². The van der Waals surface area contributed by atoms with Crippen molar-refractivity contribution in [2.45, 2.75) is 39.3 Å². The summed E-state index contributed by atoms with van der Waals surface area (Å²) >= 11 is 0. The molecule has 0 aromatic heterocycles. The van der Waals surface area contributed by atoms with Crippen LogP contribution in [0, 0.1) is 17.1 Å². The van der Waals surface area contributed by atoms with Crippen molar-refractivity contribution < 1.29 is 28.1 Å². The quantitative estimate of drug-likeness (QED) is 0.516. The number of nitriles is 1. The Morgan fingerprint density at radius 3 is 2.26 bits per heavy atom. The average Bonchev–Trinajstić information content (AvgIpc) is 2.86. The number of rotatable bonds is 11. The van der Waals surface area contributed by atoms with Gasteiger partial charge in [0, 0.05) is 37.3 Å². The average molecular weight is 486 g/mol. The fourth-order valence-corrected chi connectivity index (χ4v) is 4.02. The Balaban J connectivity index is 1.59. The summed E-state index contributed by atoms with van der Waals surface area (Å²) in [6.07, 6.45) is 1.57. The monoisotopic (exact) mass is 485 g/mol. The third-order valence-electron chi connectivity index (χ3n) is 5.68. The summed E-state index contributed by atoms with van der Waals surface area (Å²) in [7, 11) is 1.51. The molecule has 0 spiro atoms. The van der Waals surface area contributed by atoms with Gasteiger partial charge in [0.05, 0.1) is 20.3 Å². The number of halogens is 1. The number of likely N-dealkylation sites (tertiary alicyclic amines) is 1. The molecule has 1 heterocycles. The summed E-state index contributed by atoms with van der Waals surface area (Å²) in [5.41, 5.74) is 1.33. The molecule has 0 radical (unpaired) electrons. The van der Waals surface area contributed by atoms with Crippen molar-refractivity contribution >= 4 is 5.91 Å². The van der Waals surface area contributed by atoms with E-state index in [9.17, 15) is 9.18 Å². The topological polar surface area (TPSA) is 93.0 Å². The van der Waals surface area contributed by atoms with Crippen molar-refractivity contribution in [1.82, 2.24) is 10.2 Å². The van der Waals surface area contributed by atoms with Crippen LogP contribution in [0.4, 0.5) is 4.39 Å². The number of piperidine rings is 1. The van der Waals surface area contributed by atoms with E-state index in [0.29, 0.717) is 36.8 Å². The molecule has 1 aliphatic heterocycles. The second-order valence-electron chi connectivity index (χ2n) is 8.14. The maximum atomic E-state index is 14.5. The molecule has 1 saturated heterocycles. The first-order valence-corrected chi connectivity index (χ1v) is 11.8. The molecule has 35 heavy (non-hydrogen) atoms. The van der Waals surface area contributed by atoms with Crippen molar-refractivity contribution in [3.05, 3.63) is 47.3 Å². The lowest BCUT2D eigenvalue weighted by atomic mass is 10.0. The van der Waals surface area contributed by atoms with Crippen LogP contribution in [0.25, 0.3) is 0 Å². The molecule has 188 valence electrons. The highest BCUT2D eigenvalue weighted by Gasteiger charge is 2.23. The third kappa shape index (κ3) is 7.23. The van der Waals surface area contributed by atoms with Crippen molar-refractivity contribution in [3.63, 3.8) is 0 Å². The summed E-state index contributed by atoms with van der Waals surface area (Å²) in [6.45, 7) is 6.46. The van der Waals surface area contributed by atoms with Crippen molar-refractivity contribution in [3.8, 4) is 29.1 Å². The van der Waals surface area contributed by atoms with Crippen molar-refractivity contribution in [1.29, 1.82) is 5.26 Å². The number of nitrogens with zero attached hydrogens (tertiary/aromatic N) is 2. The minimum absolute atomic E-state index is 0.0274. The lowest BCUT2D eigenvalue weighted by Crippen LogP contribution is -2.44. The van der Waals surface area contributed by atoms with Crippen LogP contribution in [0.15, 0.2) is 30.3 Å². The first-order valence-electron chi connectivity index (χ1n) is 11.8. The summed E-state index contributed by atoms with van der Waals surface area (Å²) in [5.74, 6) is 0.600. The minimum atomic E-state index is -0.474. The third-order valence-corrected chi connectivity index (χ3v) is 5.68. The molecular formula is C26H32FN3O5. The van der Waals surface area contributed by atoms with Crippen LogP contribution in [-0.2, 0) is 6.54 Å². The Hall–Kier alpha value is -3.51. The van der Waals surface area contributed by atoms with Gasteiger partial charge in [-0.3, -0.25) is 9.69 Å². The highest BCUT2D eigenvalue weighted by molar-refractivity contribution is 5.95. The van der Waals surface area contributed by atoms with Crippen LogP contribution in [0.2, 0.25) is 0 Å². The number of benzene rings is 2. The van der Waals surface area contributed by atoms with Gasteiger partial charge >= 0.3 is 0 Å². The first kappa shape index (κ1) is 26.1. The maximum absolute atomic E-state index is 14.5. The molecule has 0 unspecified atom stereocenters. The van der Waals surface area contributed by atoms with Gasteiger partial charge in [0.1, 0.15) is 17.6 Å². The second-order valence-corrected chi connectivity index (χ2v) is 8.14. The molecule has 2 aromatic carbocycles. The fraction of sp³-hybridized carbons (Fsp3) is 0.462. The Labute approximate surface area is 205 Å². The maximum Gasteiger partial charge on any atom is 0.251 e. The predicted octanol–water partition coefficient (Wildman–Crippen LogP) is 3.93. The van der Waals surface area contributed by atoms with Crippen molar-refractivity contribution in [2.75, 3.05) is 40.0 Å². The molecular weight excluding hydrogens is 453 g/mol. The Morgan fingerprint density at radius 1 is 1.06 bits per heavy atom. The number of amides is 1. The zero-order valence-corrected chi connectivity index (χ0v) is 20.4. The van der Waals surface area contributed by atoms with Gasteiger partial charge < -0.3 is 24.3 Å². The van der Waals surface area contributed by atoms with Crippen LogP contribution >= 0.6 is 0 Å². The number of ether oxygens (including phenoxy) is 4. The van der Waals surface area contributed by atoms with Crippen LogP contribution in [0.5, 0.6) is 23.0 Å². The van der Waals surface area contributed by atoms with Gasteiger partial charge in [-0.1, -0.05) is 0 Å². The number of carbonyl (C=O) groups excluding carboxylic acids is 1. The van der Waals surface area contributed by atoms with E-state index >= 15 is 0 Å². The summed E-state index contributed by atoms with van der Waals surface area (Å²) in [6, 6.07) is 10.3. The molecule has 3 rings (SSSR count).